The quantitative estimate of drug-likeness (QED) is 0.599. The molecule has 1 N–H and O–H groups in total. The van der Waals surface area contributed by atoms with Gasteiger partial charge in [-0.25, -0.2) is 8.42 Å². The van der Waals surface area contributed by atoms with E-state index in [1.54, 1.807) is 59.2 Å². The maximum atomic E-state index is 13.3. The Morgan fingerprint density at radius 3 is 2.57 bits per heavy atom. The fourth-order valence-corrected chi connectivity index (χ4v) is 6.83. The molecule has 6 rings (SSSR count). The van der Waals surface area contributed by atoms with Crippen LogP contribution in [0, 0.1) is 5.92 Å². The highest BCUT2D eigenvalue weighted by molar-refractivity contribution is 7.89. The Kier molecular flexibility index (Phi) is 5.15. The van der Waals surface area contributed by atoms with Gasteiger partial charge >= 0.3 is 0 Å². The molecule has 0 radical (unpaired) electrons. The van der Waals surface area contributed by atoms with Crippen LogP contribution < -0.4 is 20.3 Å². The Balaban J connectivity index is 1.32. The maximum absolute atomic E-state index is 13.3. The first kappa shape index (κ1) is 21.9. The number of aromatic nitrogens is 1. The monoisotopic (exact) mass is 493 g/mol. The normalized spacial score (nSPS) is 20.8. The van der Waals surface area contributed by atoms with Crippen molar-refractivity contribution in [3.05, 3.63) is 82.3 Å². The van der Waals surface area contributed by atoms with Crippen molar-refractivity contribution in [2.24, 2.45) is 5.92 Å². The lowest BCUT2D eigenvalue weighted by molar-refractivity contribution is 0.102. The number of pyridine rings is 1. The van der Waals surface area contributed by atoms with Crippen molar-refractivity contribution in [1.82, 2.24) is 8.87 Å². The van der Waals surface area contributed by atoms with Gasteiger partial charge in [-0.05, 0) is 48.7 Å². The first-order chi connectivity index (χ1) is 16.9. The summed E-state index contributed by atoms with van der Waals surface area (Å²) in [5.74, 6) is 0.523. The molecule has 10 heteroatoms. The van der Waals surface area contributed by atoms with E-state index >= 15 is 0 Å². The molecule has 2 atom stereocenters. The van der Waals surface area contributed by atoms with Crippen LogP contribution >= 0.6 is 0 Å². The Morgan fingerprint density at radius 2 is 1.74 bits per heavy atom. The van der Waals surface area contributed by atoms with Gasteiger partial charge in [0.2, 0.25) is 16.8 Å². The molecule has 180 valence electrons. The van der Waals surface area contributed by atoms with Gasteiger partial charge in [0.15, 0.2) is 11.5 Å². The number of rotatable bonds is 4. The second-order valence-corrected chi connectivity index (χ2v) is 11.0. The molecule has 2 unspecified atom stereocenters. The third-order valence-corrected chi connectivity index (χ3v) is 8.67. The van der Waals surface area contributed by atoms with E-state index in [-0.39, 0.29) is 41.5 Å². The first-order valence-electron chi connectivity index (χ1n) is 11.4. The van der Waals surface area contributed by atoms with Crippen molar-refractivity contribution < 1.29 is 22.7 Å². The van der Waals surface area contributed by atoms with Crippen LogP contribution in [0.25, 0.3) is 0 Å². The number of anilines is 1. The number of ether oxygens (including phenoxy) is 2. The lowest BCUT2D eigenvalue weighted by Crippen LogP contribution is -2.49. The fraction of sp³-hybridized carbons (Fsp3) is 0.280. The SMILES string of the molecule is O=C(Nc1ccc(=O)n2c1C1CC(CN(S(=O)(=O)c3ccccc3)C1)C2)c1ccc2c(c1)OCO2. The Bertz CT molecular complexity index is 1480. The molecule has 1 amide bonds. The minimum absolute atomic E-state index is 0.0113. The molecule has 0 aliphatic carbocycles. The van der Waals surface area contributed by atoms with Crippen molar-refractivity contribution in [1.29, 1.82) is 0 Å². The Hall–Kier alpha value is -3.63. The molecule has 1 fully saturated rings. The maximum Gasteiger partial charge on any atom is 0.255 e. The lowest BCUT2D eigenvalue weighted by atomic mass is 9.83. The molecule has 3 aliphatic heterocycles. The molecular weight excluding hydrogens is 470 g/mol. The summed E-state index contributed by atoms with van der Waals surface area (Å²) in [5.41, 5.74) is 1.41. The highest BCUT2D eigenvalue weighted by Gasteiger charge is 2.40. The van der Waals surface area contributed by atoms with Gasteiger partial charge in [0.1, 0.15) is 0 Å². The zero-order valence-electron chi connectivity index (χ0n) is 18.7. The molecule has 2 bridgehead atoms. The molecule has 4 heterocycles. The van der Waals surface area contributed by atoms with Crippen molar-refractivity contribution >= 4 is 21.6 Å². The van der Waals surface area contributed by atoms with Crippen LogP contribution in [0.3, 0.4) is 0 Å². The average Bonchev–Trinajstić information content (AvgIpc) is 3.34. The van der Waals surface area contributed by atoms with Crippen molar-refractivity contribution in [3.63, 3.8) is 0 Å². The molecule has 0 saturated carbocycles. The second kappa shape index (κ2) is 8.24. The highest BCUT2D eigenvalue weighted by Crippen LogP contribution is 2.40. The molecule has 35 heavy (non-hydrogen) atoms. The number of nitrogens with zero attached hydrogens (tertiary/aromatic N) is 2. The van der Waals surface area contributed by atoms with E-state index in [1.807, 2.05) is 0 Å². The minimum Gasteiger partial charge on any atom is -0.454 e. The number of nitrogens with one attached hydrogen (secondary N) is 1. The van der Waals surface area contributed by atoms with Crippen LogP contribution in [0.2, 0.25) is 0 Å². The summed E-state index contributed by atoms with van der Waals surface area (Å²) in [6.45, 7) is 1.11. The molecule has 1 aromatic heterocycles. The molecular formula is C25H23N3O6S. The summed E-state index contributed by atoms with van der Waals surface area (Å²) in [6.07, 6.45) is 0.747. The van der Waals surface area contributed by atoms with Gasteiger partial charge in [0.05, 0.1) is 10.6 Å². The third-order valence-electron chi connectivity index (χ3n) is 6.82. The predicted octanol–water partition coefficient (Wildman–Crippen LogP) is 2.64. The number of hydrogen-bond donors (Lipinski definition) is 1. The number of sulfonamides is 1. The molecule has 0 spiro atoms. The van der Waals surface area contributed by atoms with Crippen molar-refractivity contribution in [2.75, 3.05) is 25.2 Å². The van der Waals surface area contributed by atoms with E-state index in [9.17, 15) is 18.0 Å². The number of fused-ring (bicyclic) bond motifs is 5. The highest BCUT2D eigenvalue weighted by atomic mass is 32.2. The van der Waals surface area contributed by atoms with Gasteiger partial charge in [0.25, 0.3) is 11.5 Å². The zero-order chi connectivity index (χ0) is 24.2. The number of benzene rings is 2. The van der Waals surface area contributed by atoms with E-state index in [0.717, 1.165) is 6.42 Å². The van der Waals surface area contributed by atoms with Crippen LogP contribution in [0.5, 0.6) is 11.5 Å². The molecule has 1 saturated heterocycles. The summed E-state index contributed by atoms with van der Waals surface area (Å²) in [7, 11) is -3.67. The van der Waals surface area contributed by atoms with E-state index < -0.39 is 10.0 Å². The van der Waals surface area contributed by atoms with Crippen LogP contribution in [0.15, 0.2) is 70.4 Å². The van der Waals surface area contributed by atoms with Crippen LogP contribution in [0.4, 0.5) is 5.69 Å². The molecule has 9 nitrogen and oxygen atoms in total. The van der Waals surface area contributed by atoms with Crippen molar-refractivity contribution in [3.8, 4) is 11.5 Å². The summed E-state index contributed by atoms with van der Waals surface area (Å²) < 4.78 is 40.5. The van der Waals surface area contributed by atoms with Crippen LogP contribution in [0.1, 0.15) is 28.4 Å². The minimum atomic E-state index is -3.67. The number of carbonyl (C=O) groups is 1. The summed E-state index contributed by atoms with van der Waals surface area (Å²) >= 11 is 0. The molecule has 2 aromatic carbocycles. The standard InChI is InChI=1S/C25H23N3O6S/c29-23-9-7-20(26-25(30)17-6-8-21-22(11-17)34-15-33-21)24-18-10-16(13-28(23)24)12-27(14-18)35(31,32)19-4-2-1-3-5-19/h1-9,11,16,18H,10,12-15H2,(H,26,30). The van der Waals surface area contributed by atoms with Gasteiger partial charge < -0.3 is 19.4 Å². The number of amides is 1. The molecule has 3 aromatic rings. The van der Waals surface area contributed by atoms with Gasteiger partial charge in [-0.2, -0.15) is 4.31 Å². The predicted molar refractivity (Wildman–Crippen MR) is 127 cm³/mol. The summed E-state index contributed by atoms with van der Waals surface area (Å²) in [6, 6.07) is 16.4. The largest absolute Gasteiger partial charge is 0.454 e. The number of piperidine rings is 1. The third kappa shape index (κ3) is 3.78. The topological polar surface area (TPSA) is 107 Å². The zero-order valence-corrected chi connectivity index (χ0v) is 19.5. The summed E-state index contributed by atoms with van der Waals surface area (Å²) in [5, 5.41) is 2.93. The van der Waals surface area contributed by atoms with Crippen LogP contribution in [-0.2, 0) is 16.6 Å². The Labute approximate surface area is 201 Å². The number of hydrogen-bond acceptors (Lipinski definition) is 6. The van der Waals surface area contributed by atoms with E-state index in [2.05, 4.69) is 5.32 Å². The van der Waals surface area contributed by atoms with Gasteiger partial charge in [-0.15, -0.1) is 0 Å². The number of carbonyl (C=O) groups excluding carboxylic acids is 1. The fourth-order valence-electron chi connectivity index (χ4n) is 5.25. The van der Waals surface area contributed by atoms with Crippen molar-refractivity contribution in [2.45, 2.75) is 23.8 Å². The van der Waals surface area contributed by atoms with Gasteiger partial charge in [-0.3, -0.25) is 9.59 Å². The van der Waals surface area contributed by atoms with Gasteiger partial charge in [-0.1, -0.05) is 18.2 Å². The van der Waals surface area contributed by atoms with Crippen LogP contribution in [-0.4, -0.2) is 43.1 Å². The van der Waals surface area contributed by atoms with E-state index in [1.165, 1.54) is 10.4 Å². The second-order valence-electron chi connectivity index (χ2n) is 9.04. The Morgan fingerprint density at radius 1 is 0.943 bits per heavy atom. The molecule has 3 aliphatic rings. The average molecular weight is 494 g/mol. The van der Waals surface area contributed by atoms with Gasteiger partial charge in [0, 0.05) is 42.9 Å². The smallest absolute Gasteiger partial charge is 0.255 e. The lowest BCUT2D eigenvalue weighted by Gasteiger charge is -2.42. The summed E-state index contributed by atoms with van der Waals surface area (Å²) in [4.78, 5) is 26.0. The van der Waals surface area contributed by atoms with E-state index in [4.69, 9.17) is 9.47 Å². The first-order valence-corrected chi connectivity index (χ1v) is 12.8. The van der Waals surface area contributed by atoms with E-state index in [0.29, 0.717) is 41.5 Å².